The van der Waals surface area contributed by atoms with Gasteiger partial charge in [0.2, 0.25) is 0 Å². The molecule has 0 amide bonds. The molecule has 1 aliphatic rings. The summed E-state index contributed by atoms with van der Waals surface area (Å²) in [7, 11) is 0. The third-order valence-electron chi connectivity index (χ3n) is 3.79. The Bertz CT molecular complexity index is 625. The van der Waals surface area contributed by atoms with Crippen LogP contribution in [0, 0.1) is 0 Å². The Morgan fingerprint density at radius 3 is 3.05 bits per heavy atom. The van der Waals surface area contributed by atoms with Gasteiger partial charge in [-0.15, -0.1) is 11.3 Å². The number of rotatable bonds is 3. The van der Waals surface area contributed by atoms with Crippen LogP contribution in [0.3, 0.4) is 0 Å². The fourth-order valence-corrected chi connectivity index (χ4v) is 3.54. The van der Waals surface area contributed by atoms with E-state index in [1.54, 1.807) is 17.4 Å². The van der Waals surface area contributed by atoms with Crippen molar-refractivity contribution in [2.45, 2.75) is 25.8 Å². The molecule has 1 aromatic carbocycles. The molecule has 5 heteroatoms. The summed E-state index contributed by atoms with van der Waals surface area (Å²) in [4.78, 5) is 18.0. The Hall–Kier alpha value is -1.88. The average molecular weight is 288 g/mol. The molecular formula is C15H16N2O2S. The van der Waals surface area contributed by atoms with Gasteiger partial charge in [-0.2, -0.15) is 0 Å². The van der Waals surface area contributed by atoms with Gasteiger partial charge in [0.25, 0.3) is 0 Å². The van der Waals surface area contributed by atoms with E-state index in [-0.39, 0.29) is 6.04 Å². The van der Waals surface area contributed by atoms with Gasteiger partial charge in [-0.3, -0.25) is 0 Å². The molecule has 1 aromatic heterocycles. The van der Waals surface area contributed by atoms with Crippen molar-refractivity contribution in [3.05, 3.63) is 45.9 Å². The molecule has 104 valence electrons. The molecule has 1 unspecified atom stereocenters. The summed E-state index contributed by atoms with van der Waals surface area (Å²) in [5.41, 5.74) is 2.42. The van der Waals surface area contributed by atoms with Crippen molar-refractivity contribution >= 4 is 23.0 Å². The van der Waals surface area contributed by atoms with Gasteiger partial charge in [0, 0.05) is 23.8 Å². The second-order valence-electron chi connectivity index (χ2n) is 4.95. The molecule has 0 spiro atoms. The van der Waals surface area contributed by atoms with Gasteiger partial charge in [-0.1, -0.05) is 6.07 Å². The minimum atomic E-state index is -0.842. The molecule has 0 bridgehead atoms. The lowest BCUT2D eigenvalue weighted by atomic mass is 9.95. The topological polar surface area (TPSA) is 53.4 Å². The maximum atomic E-state index is 11.3. The molecule has 2 heterocycles. The molecular weight excluding hydrogens is 272 g/mol. The molecule has 3 rings (SSSR count). The fraction of sp³-hybridized carbons (Fsp3) is 0.333. The number of carbonyl (C=O) groups is 1. The van der Waals surface area contributed by atoms with Crippen LogP contribution in [0.2, 0.25) is 0 Å². The highest BCUT2D eigenvalue weighted by Gasteiger charge is 2.26. The number of hydrogen-bond donors (Lipinski definition) is 1. The number of anilines is 1. The predicted octanol–water partition coefficient (Wildman–Crippen LogP) is 3.36. The number of benzene rings is 1. The van der Waals surface area contributed by atoms with Crippen LogP contribution in [0.4, 0.5) is 5.69 Å². The Morgan fingerprint density at radius 2 is 2.35 bits per heavy atom. The highest BCUT2D eigenvalue weighted by atomic mass is 32.1. The fourth-order valence-electron chi connectivity index (χ4n) is 2.83. The van der Waals surface area contributed by atoms with Crippen molar-refractivity contribution in [2.75, 3.05) is 11.4 Å². The van der Waals surface area contributed by atoms with Crippen LogP contribution in [0.5, 0.6) is 0 Å². The van der Waals surface area contributed by atoms with E-state index in [0.717, 1.165) is 35.6 Å². The van der Waals surface area contributed by atoms with Crippen LogP contribution in [0.1, 0.15) is 40.3 Å². The third-order valence-corrected chi connectivity index (χ3v) is 4.74. The standard InChI is InChI=1S/C15H16N2O2S/c1-10(14-16-7-9-20-14)17-8-3-5-11-12(15(18)19)4-2-6-13(11)17/h2,4,6-7,9-10H,3,5,8H2,1H3,(H,18,19). The normalized spacial score (nSPS) is 15.8. The van der Waals surface area contributed by atoms with Gasteiger partial charge >= 0.3 is 5.97 Å². The van der Waals surface area contributed by atoms with Gasteiger partial charge in [-0.05, 0) is 37.5 Å². The van der Waals surface area contributed by atoms with E-state index in [1.807, 2.05) is 23.7 Å². The molecule has 0 radical (unpaired) electrons. The minimum Gasteiger partial charge on any atom is -0.478 e. The lowest BCUT2D eigenvalue weighted by molar-refractivity contribution is 0.0695. The molecule has 1 aliphatic heterocycles. The zero-order valence-electron chi connectivity index (χ0n) is 11.2. The smallest absolute Gasteiger partial charge is 0.336 e. The third kappa shape index (κ3) is 2.18. The van der Waals surface area contributed by atoms with Crippen molar-refractivity contribution in [1.29, 1.82) is 0 Å². The van der Waals surface area contributed by atoms with E-state index in [1.165, 1.54) is 0 Å². The van der Waals surface area contributed by atoms with Crippen LogP contribution >= 0.6 is 11.3 Å². The number of nitrogens with zero attached hydrogens (tertiary/aromatic N) is 2. The second kappa shape index (κ2) is 5.25. The summed E-state index contributed by atoms with van der Waals surface area (Å²) >= 11 is 1.64. The highest BCUT2D eigenvalue weighted by Crippen LogP contribution is 2.36. The Balaban J connectivity index is 2.02. The first-order valence-corrected chi connectivity index (χ1v) is 7.57. The zero-order valence-corrected chi connectivity index (χ0v) is 12.1. The van der Waals surface area contributed by atoms with Crippen molar-refractivity contribution in [3.63, 3.8) is 0 Å². The number of hydrogen-bond acceptors (Lipinski definition) is 4. The van der Waals surface area contributed by atoms with E-state index in [2.05, 4.69) is 16.8 Å². The van der Waals surface area contributed by atoms with E-state index >= 15 is 0 Å². The Labute approximate surface area is 121 Å². The van der Waals surface area contributed by atoms with Crippen molar-refractivity contribution in [1.82, 2.24) is 4.98 Å². The van der Waals surface area contributed by atoms with Gasteiger partial charge in [0.1, 0.15) is 5.01 Å². The maximum absolute atomic E-state index is 11.3. The summed E-state index contributed by atoms with van der Waals surface area (Å²) in [5, 5.41) is 12.4. The largest absolute Gasteiger partial charge is 0.478 e. The molecule has 0 aliphatic carbocycles. The monoisotopic (exact) mass is 288 g/mol. The van der Waals surface area contributed by atoms with E-state index < -0.39 is 5.97 Å². The van der Waals surface area contributed by atoms with Crippen LogP contribution in [0.15, 0.2) is 29.8 Å². The lowest BCUT2D eigenvalue weighted by Crippen LogP contribution is -2.32. The Kier molecular flexibility index (Phi) is 3.44. The molecule has 0 saturated heterocycles. The molecule has 0 fully saturated rings. The van der Waals surface area contributed by atoms with Crippen molar-refractivity contribution < 1.29 is 9.90 Å². The average Bonchev–Trinajstić information content (AvgIpc) is 2.99. The van der Waals surface area contributed by atoms with Gasteiger partial charge in [0.15, 0.2) is 0 Å². The minimum absolute atomic E-state index is 0.179. The number of aromatic carboxylic acids is 1. The summed E-state index contributed by atoms with van der Waals surface area (Å²) < 4.78 is 0. The number of carboxylic acid groups (broad SMARTS) is 1. The Morgan fingerprint density at radius 1 is 1.50 bits per heavy atom. The number of aromatic nitrogens is 1. The van der Waals surface area contributed by atoms with Gasteiger partial charge in [-0.25, -0.2) is 9.78 Å². The number of carboxylic acids is 1. The maximum Gasteiger partial charge on any atom is 0.336 e. The first kappa shape index (κ1) is 13.1. The first-order valence-electron chi connectivity index (χ1n) is 6.69. The molecule has 1 N–H and O–H groups in total. The molecule has 2 aromatic rings. The molecule has 20 heavy (non-hydrogen) atoms. The summed E-state index contributed by atoms with van der Waals surface area (Å²) in [6.07, 6.45) is 3.63. The van der Waals surface area contributed by atoms with Crippen LogP contribution < -0.4 is 4.90 Å². The number of fused-ring (bicyclic) bond motifs is 1. The summed E-state index contributed by atoms with van der Waals surface area (Å²) in [6.45, 7) is 3.07. The number of thiazole rings is 1. The molecule has 0 saturated carbocycles. The van der Waals surface area contributed by atoms with Crippen molar-refractivity contribution in [2.24, 2.45) is 0 Å². The summed E-state index contributed by atoms with van der Waals surface area (Å²) in [5.74, 6) is -0.842. The quantitative estimate of drug-likeness (QED) is 0.941. The predicted molar refractivity (Wildman–Crippen MR) is 79.6 cm³/mol. The molecule has 4 nitrogen and oxygen atoms in total. The van der Waals surface area contributed by atoms with Crippen LogP contribution in [0.25, 0.3) is 0 Å². The first-order chi connectivity index (χ1) is 9.68. The SMILES string of the molecule is CC(c1nccs1)N1CCCc2c(C(=O)O)cccc21. The van der Waals surface area contributed by atoms with Gasteiger partial charge in [0.05, 0.1) is 11.6 Å². The van der Waals surface area contributed by atoms with Crippen molar-refractivity contribution in [3.8, 4) is 0 Å². The van der Waals surface area contributed by atoms with E-state index in [0.29, 0.717) is 5.56 Å². The highest BCUT2D eigenvalue weighted by molar-refractivity contribution is 7.09. The second-order valence-corrected chi connectivity index (χ2v) is 5.88. The van der Waals surface area contributed by atoms with Gasteiger partial charge < -0.3 is 10.0 Å². The van der Waals surface area contributed by atoms with Crippen LogP contribution in [-0.2, 0) is 6.42 Å². The van der Waals surface area contributed by atoms with Crippen LogP contribution in [-0.4, -0.2) is 22.6 Å². The lowest BCUT2D eigenvalue weighted by Gasteiger charge is -2.35. The van der Waals surface area contributed by atoms with E-state index in [9.17, 15) is 9.90 Å². The zero-order chi connectivity index (χ0) is 14.1. The van der Waals surface area contributed by atoms with E-state index in [4.69, 9.17) is 0 Å². The summed E-state index contributed by atoms with van der Waals surface area (Å²) in [6, 6.07) is 5.72. The molecule has 1 atom stereocenters.